The lowest BCUT2D eigenvalue weighted by atomic mass is 9.44. The highest BCUT2D eigenvalue weighted by molar-refractivity contribution is 7.92. The van der Waals surface area contributed by atoms with Gasteiger partial charge in [0.1, 0.15) is 4.21 Å². The maximum Gasteiger partial charge on any atom is 0.327 e. The number of carboxylic acid groups (broad SMARTS) is 1. The molecule has 0 aliphatic heterocycles. The van der Waals surface area contributed by atoms with E-state index in [1.165, 1.54) is 22.3 Å². The van der Waals surface area contributed by atoms with Crippen molar-refractivity contribution >= 4 is 33.2 Å². The lowest BCUT2D eigenvalue weighted by Gasteiger charge is -2.62. The Hall–Kier alpha value is -2.39. The molecule has 2 heterocycles. The van der Waals surface area contributed by atoms with Gasteiger partial charge in [-0.2, -0.15) is 8.42 Å². The van der Waals surface area contributed by atoms with Gasteiger partial charge in [-0.05, 0) is 86.5 Å². The number of carbonyl (C=O) groups is 2. The Balaban J connectivity index is 1.43. The second-order valence-electron chi connectivity index (χ2n) is 10.4. The smallest absolute Gasteiger partial charge is 0.327 e. The number of aromatic nitrogens is 1. The second kappa shape index (κ2) is 9.93. The lowest BCUT2D eigenvalue weighted by molar-refractivity contribution is -0.131. The molecule has 0 spiro atoms. The first-order valence-electron chi connectivity index (χ1n) is 12.2. The summed E-state index contributed by atoms with van der Waals surface area (Å²) in [7, 11) is -3.72. The van der Waals surface area contributed by atoms with Gasteiger partial charge in [0.05, 0.1) is 4.88 Å². The molecule has 2 N–H and O–H groups in total. The number of nitrogens with zero attached hydrogens (tertiary/aromatic N) is 1. The molecule has 190 valence electrons. The summed E-state index contributed by atoms with van der Waals surface area (Å²) < 4.78 is 27.3. The Morgan fingerprint density at radius 2 is 2.00 bits per heavy atom. The van der Waals surface area contributed by atoms with E-state index < -0.39 is 16.0 Å². The fourth-order valence-electron chi connectivity index (χ4n) is 5.90. The van der Waals surface area contributed by atoms with Crippen LogP contribution in [-0.2, 0) is 14.8 Å². The number of aryl methyl sites for hydroxylation is 1. The van der Waals surface area contributed by atoms with Crippen LogP contribution in [0.25, 0.3) is 0 Å². The topological polar surface area (TPSA) is 105 Å². The molecule has 3 aliphatic rings. The molecule has 0 aromatic carbocycles. The zero-order valence-corrected chi connectivity index (χ0v) is 22.1. The molecule has 7 nitrogen and oxygen atoms in total. The van der Waals surface area contributed by atoms with Crippen LogP contribution in [0.3, 0.4) is 0 Å². The largest absolute Gasteiger partial charge is 0.478 e. The standard InChI is InChI=1S/C26H34N2O5S2/c1-17-9-8-14-28(17)35(32,33)23-13-12-21(34-23)25(31)27-24-18(10-6-4-5-7-11-22(29)30)15-19-16-20(24)26(19,2)3/h7-9,11-14,18-20,24H,4-6,10,15-16H2,1-3H3,(H,27,31)(H,29,30)/b11-7+/t18-,19-,20-,24+/m0/s1. The van der Waals surface area contributed by atoms with E-state index in [-0.39, 0.29) is 21.6 Å². The summed E-state index contributed by atoms with van der Waals surface area (Å²) in [5.74, 6) is 0.329. The number of nitrogens with one attached hydrogen (secondary N) is 1. The molecule has 2 aromatic heterocycles. The van der Waals surface area contributed by atoms with Crippen molar-refractivity contribution in [2.75, 3.05) is 0 Å². The van der Waals surface area contributed by atoms with E-state index in [4.69, 9.17) is 5.11 Å². The van der Waals surface area contributed by atoms with Crippen LogP contribution in [0.4, 0.5) is 0 Å². The number of carboxylic acids is 1. The van der Waals surface area contributed by atoms with Gasteiger partial charge in [0.2, 0.25) is 0 Å². The number of amides is 1. The van der Waals surface area contributed by atoms with Gasteiger partial charge in [0.25, 0.3) is 15.9 Å². The minimum atomic E-state index is -3.72. The molecular formula is C26H34N2O5S2. The summed E-state index contributed by atoms with van der Waals surface area (Å²) in [6.07, 6.45) is 10.2. The molecular weight excluding hydrogens is 484 g/mol. The van der Waals surface area contributed by atoms with E-state index >= 15 is 0 Å². The van der Waals surface area contributed by atoms with Crippen LogP contribution in [0.2, 0.25) is 0 Å². The SMILES string of the molecule is Cc1cccn1S(=O)(=O)c1ccc(C(=O)N[C@@H]2[C@@H](CCCC/C=C/C(=O)O)C[C@H]3C[C@@H]2C3(C)C)s1. The van der Waals surface area contributed by atoms with Crippen LogP contribution in [0.15, 0.2) is 46.8 Å². The fraction of sp³-hybridized carbons (Fsp3) is 0.538. The fourth-order valence-corrected chi connectivity index (χ4v) is 8.57. The van der Waals surface area contributed by atoms with Crippen molar-refractivity contribution in [3.63, 3.8) is 0 Å². The number of hydrogen-bond acceptors (Lipinski definition) is 5. The molecule has 3 saturated carbocycles. The molecule has 2 bridgehead atoms. The minimum Gasteiger partial charge on any atom is -0.478 e. The van der Waals surface area contributed by atoms with Crippen molar-refractivity contribution in [3.05, 3.63) is 53.2 Å². The van der Waals surface area contributed by atoms with Gasteiger partial charge in [0.15, 0.2) is 0 Å². The Bertz CT molecular complexity index is 1220. The Morgan fingerprint density at radius 3 is 2.66 bits per heavy atom. The van der Waals surface area contributed by atoms with E-state index in [2.05, 4.69) is 19.2 Å². The summed E-state index contributed by atoms with van der Waals surface area (Å²) >= 11 is 1.01. The molecule has 0 radical (unpaired) electrons. The molecule has 3 fully saturated rings. The summed E-state index contributed by atoms with van der Waals surface area (Å²) in [6, 6.07) is 6.60. The van der Waals surface area contributed by atoms with E-state index in [1.807, 2.05) is 0 Å². The molecule has 1 amide bonds. The third-order valence-corrected chi connectivity index (χ3v) is 11.4. The third-order valence-electron chi connectivity index (χ3n) is 8.05. The van der Waals surface area contributed by atoms with E-state index in [0.29, 0.717) is 28.3 Å². The first-order valence-corrected chi connectivity index (χ1v) is 14.5. The minimum absolute atomic E-state index is 0.0610. The van der Waals surface area contributed by atoms with E-state index in [9.17, 15) is 18.0 Å². The van der Waals surface area contributed by atoms with Crippen molar-refractivity contribution in [1.29, 1.82) is 0 Å². The predicted octanol–water partition coefficient (Wildman–Crippen LogP) is 5.08. The normalized spacial score (nSPS) is 25.3. The summed E-state index contributed by atoms with van der Waals surface area (Å²) in [5.41, 5.74) is 0.809. The van der Waals surface area contributed by atoms with E-state index in [0.717, 1.165) is 49.9 Å². The summed E-state index contributed by atoms with van der Waals surface area (Å²) in [4.78, 5) is 24.3. The maximum absolute atomic E-state index is 13.2. The summed E-state index contributed by atoms with van der Waals surface area (Å²) in [5, 5.41) is 12.0. The number of carbonyl (C=O) groups excluding carboxylic acids is 1. The maximum atomic E-state index is 13.2. The average molecular weight is 519 g/mol. The summed E-state index contributed by atoms with van der Waals surface area (Å²) in [6.45, 7) is 6.30. The number of hydrogen-bond donors (Lipinski definition) is 2. The van der Waals surface area contributed by atoms with Crippen molar-refractivity contribution in [1.82, 2.24) is 9.29 Å². The van der Waals surface area contributed by atoms with Gasteiger partial charge in [-0.25, -0.2) is 8.77 Å². The van der Waals surface area contributed by atoms with Gasteiger partial charge >= 0.3 is 5.97 Å². The number of unbranched alkanes of at least 4 members (excludes halogenated alkanes) is 2. The molecule has 3 aliphatic carbocycles. The van der Waals surface area contributed by atoms with Crippen LogP contribution in [0.5, 0.6) is 0 Å². The number of fused-ring (bicyclic) bond motifs is 2. The molecule has 9 heteroatoms. The van der Waals surface area contributed by atoms with Gasteiger partial charge < -0.3 is 10.4 Å². The van der Waals surface area contributed by atoms with Crippen molar-refractivity contribution < 1.29 is 23.1 Å². The number of thiophene rings is 1. The number of rotatable bonds is 10. The Morgan fingerprint density at radius 1 is 1.23 bits per heavy atom. The van der Waals surface area contributed by atoms with Crippen LogP contribution >= 0.6 is 11.3 Å². The highest BCUT2D eigenvalue weighted by atomic mass is 32.2. The van der Waals surface area contributed by atoms with Gasteiger partial charge in [-0.15, -0.1) is 11.3 Å². The second-order valence-corrected chi connectivity index (χ2v) is 13.6. The number of allylic oxidation sites excluding steroid dienone is 1. The Kier molecular flexibility index (Phi) is 7.29. The van der Waals surface area contributed by atoms with Gasteiger partial charge in [-0.3, -0.25) is 4.79 Å². The number of aliphatic carboxylic acids is 1. The molecule has 35 heavy (non-hydrogen) atoms. The molecule has 4 atom stereocenters. The van der Waals surface area contributed by atoms with Crippen LogP contribution in [0.1, 0.15) is 67.7 Å². The average Bonchev–Trinajstić information content (AvgIpc) is 3.46. The van der Waals surface area contributed by atoms with Gasteiger partial charge in [-0.1, -0.05) is 26.3 Å². The molecule has 0 unspecified atom stereocenters. The molecule has 0 saturated heterocycles. The van der Waals surface area contributed by atoms with Crippen LogP contribution in [-0.4, -0.2) is 35.4 Å². The van der Waals surface area contributed by atoms with Crippen LogP contribution < -0.4 is 5.32 Å². The highest BCUT2D eigenvalue weighted by Crippen LogP contribution is 2.61. The lowest BCUT2D eigenvalue weighted by Crippen LogP contribution is -2.63. The van der Waals surface area contributed by atoms with Crippen molar-refractivity contribution in [3.8, 4) is 0 Å². The predicted molar refractivity (Wildman–Crippen MR) is 136 cm³/mol. The quantitative estimate of drug-likeness (QED) is 0.337. The van der Waals surface area contributed by atoms with E-state index in [1.54, 1.807) is 31.2 Å². The monoisotopic (exact) mass is 518 g/mol. The first-order chi connectivity index (χ1) is 16.5. The van der Waals surface area contributed by atoms with Crippen LogP contribution in [0, 0.1) is 30.1 Å². The van der Waals surface area contributed by atoms with Crippen molar-refractivity contribution in [2.45, 2.75) is 69.5 Å². The Labute approximate surface area is 211 Å². The zero-order chi connectivity index (χ0) is 25.4. The molecule has 2 aromatic rings. The molecule has 5 rings (SSSR count). The zero-order valence-electron chi connectivity index (χ0n) is 20.4. The first kappa shape index (κ1) is 25.7. The van der Waals surface area contributed by atoms with Gasteiger partial charge in [0, 0.05) is 24.0 Å². The van der Waals surface area contributed by atoms with Crippen molar-refractivity contribution in [2.24, 2.45) is 23.2 Å². The highest BCUT2D eigenvalue weighted by Gasteiger charge is 2.57. The third kappa shape index (κ3) is 5.11.